The van der Waals surface area contributed by atoms with Crippen LogP contribution in [-0.4, -0.2) is 31.9 Å². The van der Waals surface area contributed by atoms with E-state index in [1.807, 2.05) is 6.07 Å². The molecule has 0 spiro atoms. The van der Waals surface area contributed by atoms with Crippen molar-refractivity contribution in [3.05, 3.63) is 105 Å². The fourth-order valence-corrected chi connectivity index (χ4v) is 4.27. The number of ether oxygens (including phenoxy) is 2. The molecule has 0 aliphatic rings. The number of benzene rings is 3. The first kappa shape index (κ1) is 24.7. The lowest BCUT2D eigenvalue weighted by atomic mass is 9.71. The van der Waals surface area contributed by atoms with E-state index in [1.54, 1.807) is 72.8 Å². The van der Waals surface area contributed by atoms with Gasteiger partial charge in [-0.25, -0.2) is 0 Å². The van der Waals surface area contributed by atoms with Gasteiger partial charge in [-0.15, -0.1) is 0 Å². The van der Waals surface area contributed by atoms with Gasteiger partial charge in [0.25, 0.3) is 0 Å². The van der Waals surface area contributed by atoms with Gasteiger partial charge in [0.05, 0.1) is 20.1 Å². The summed E-state index contributed by atoms with van der Waals surface area (Å²) in [6.07, 6.45) is 0. The van der Waals surface area contributed by atoms with Gasteiger partial charge in [0.1, 0.15) is 0 Å². The van der Waals surface area contributed by atoms with Crippen molar-refractivity contribution >= 4 is 45.3 Å². The Hall–Kier alpha value is -2.96. The van der Waals surface area contributed by atoms with Crippen molar-refractivity contribution in [1.82, 2.24) is 0 Å². The molecule has 0 fully saturated rings. The van der Waals surface area contributed by atoms with Crippen molar-refractivity contribution in [2.75, 3.05) is 14.2 Å². The zero-order valence-corrected chi connectivity index (χ0v) is 20.4. The van der Waals surface area contributed by atoms with Crippen LogP contribution in [0, 0.1) is 5.92 Å². The lowest BCUT2D eigenvalue weighted by Gasteiger charge is -2.31. The summed E-state index contributed by atoms with van der Waals surface area (Å²) in [6.45, 7) is 0. The van der Waals surface area contributed by atoms with E-state index in [-0.39, 0.29) is 5.78 Å². The topological polar surface area (TPSA) is 69.7 Å². The molecule has 0 saturated carbocycles. The number of carbonyl (C=O) groups excluding carboxylic acids is 3. The highest BCUT2D eigenvalue weighted by atomic mass is 79.9. The maximum atomic E-state index is 13.9. The molecule has 0 N–H and O–H groups in total. The first-order valence-corrected chi connectivity index (χ1v) is 11.3. The summed E-state index contributed by atoms with van der Waals surface area (Å²) in [6, 6.07) is 22.7. The van der Waals surface area contributed by atoms with Gasteiger partial charge >= 0.3 is 11.9 Å². The van der Waals surface area contributed by atoms with Gasteiger partial charge < -0.3 is 9.47 Å². The molecule has 0 aliphatic heterocycles. The average molecular weight is 530 g/mol. The van der Waals surface area contributed by atoms with Gasteiger partial charge in [-0.3, -0.25) is 14.4 Å². The molecular formula is C26H22BrClO5. The first-order chi connectivity index (χ1) is 15.9. The van der Waals surface area contributed by atoms with Crippen LogP contribution in [0.25, 0.3) is 0 Å². The summed E-state index contributed by atoms with van der Waals surface area (Å²) in [5.41, 5.74) is 1.68. The third kappa shape index (κ3) is 5.70. The van der Waals surface area contributed by atoms with Crippen molar-refractivity contribution in [3.8, 4) is 0 Å². The van der Waals surface area contributed by atoms with Crippen LogP contribution in [0.1, 0.15) is 33.3 Å². The second-order valence-corrected chi connectivity index (χ2v) is 8.71. The fourth-order valence-electron chi connectivity index (χ4n) is 3.88. The first-order valence-electron chi connectivity index (χ1n) is 10.1. The Morgan fingerprint density at radius 2 is 1.30 bits per heavy atom. The summed E-state index contributed by atoms with van der Waals surface area (Å²) in [4.78, 5) is 39.7. The van der Waals surface area contributed by atoms with Crippen LogP contribution >= 0.6 is 27.5 Å². The van der Waals surface area contributed by atoms with Gasteiger partial charge in [-0.05, 0) is 35.4 Å². The molecule has 170 valence electrons. The smallest absolute Gasteiger partial charge is 0.320 e. The average Bonchev–Trinajstić information content (AvgIpc) is 2.84. The van der Waals surface area contributed by atoms with E-state index in [9.17, 15) is 14.4 Å². The number of carbonyl (C=O) groups is 3. The van der Waals surface area contributed by atoms with Crippen molar-refractivity contribution in [2.45, 2.75) is 11.8 Å². The van der Waals surface area contributed by atoms with E-state index < -0.39 is 29.7 Å². The quantitative estimate of drug-likeness (QED) is 0.209. The summed E-state index contributed by atoms with van der Waals surface area (Å²) >= 11 is 9.47. The summed E-state index contributed by atoms with van der Waals surface area (Å²) in [7, 11) is 2.40. The third-order valence-corrected chi connectivity index (χ3v) is 6.23. The Balaban J connectivity index is 2.27. The Labute approximate surface area is 205 Å². The maximum Gasteiger partial charge on any atom is 0.320 e. The van der Waals surface area contributed by atoms with Gasteiger partial charge in [-0.2, -0.15) is 0 Å². The molecule has 3 aromatic carbocycles. The van der Waals surface area contributed by atoms with E-state index in [1.165, 1.54) is 14.2 Å². The number of methoxy groups -OCH3 is 2. The van der Waals surface area contributed by atoms with Crippen molar-refractivity contribution in [3.63, 3.8) is 0 Å². The number of ketones is 1. The zero-order chi connectivity index (χ0) is 24.0. The number of halogens is 2. The molecule has 2 unspecified atom stereocenters. The molecule has 33 heavy (non-hydrogen) atoms. The van der Waals surface area contributed by atoms with E-state index in [4.69, 9.17) is 21.1 Å². The number of rotatable bonds is 8. The highest BCUT2D eigenvalue weighted by molar-refractivity contribution is 9.10. The lowest BCUT2D eigenvalue weighted by Crippen LogP contribution is -2.37. The summed E-state index contributed by atoms with van der Waals surface area (Å²) < 4.78 is 10.8. The molecule has 7 heteroatoms. The normalized spacial score (nSPS) is 12.6. The minimum absolute atomic E-state index is 0.244. The lowest BCUT2D eigenvalue weighted by molar-refractivity contribution is -0.160. The van der Waals surface area contributed by atoms with E-state index in [0.29, 0.717) is 21.7 Å². The minimum atomic E-state index is -1.37. The minimum Gasteiger partial charge on any atom is -0.468 e. The molecular weight excluding hydrogens is 508 g/mol. The Morgan fingerprint density at radius 1 is 0.758 bits per heavy atom. The molecule has 3 aromatic rings. The Kier molecular flexibility index (Phi) is 8.42. The second-order valence-electron chi connectivity index (χ2n) is 7.36. The molecule has 3 rings (SSSR count). The van der Waals surface area contributed by atoms with E-state index in [2.05, 4.69) is 15.9 Å². The molecule has 2 atom stereocenters. The highest BCUT2D eigenvalue weighted by Gasteiger charge is 2.45. The van der Waals surface area contributed by atoms with Crippen molar-refractivity contribution < 1.29 is 23.9 Å². The second kappa shape index (κ2) is 11.3. The molecule has 0 aliphatic carbocycles. The third-order valence-electron chi connectivity index (χ3n) is 5.45. The SMILES string of the molecule is COC(=O)C(C(=O)OC)C(c1ccc(Cl)cc1)C(C(=O)c1ccc(Br)cc1)c1ccccc1. The number of Topliss-reactive ketones (excluding diaryl/α,β-unsaturated/α-hetero) is 1. The van der Waals surface area contributed by atoms with Crippen molar-refractivity contribution in [1.29, 1.82) is 0 Å². The Bertz CT molecular complexity index is 1100. The number of hydrogen-bond donors (Lipinski definition) is 0. The largest absolute Gasteiger partial charge is 0.468 e. The molecule has 0 bridgehead atoms. The summed E-state index contributed by atoms with van der Waals surface area (Å²) in [5.74, 6) is -4.97. The fraction of sp³-hybridized carbons (Fsp3) is 0.192. The van der Waals surface area contributed by atoms with Gasteiger partial charge in [-0.1, -0.05) is 82.1 Å². The Morgan fingerprint density at radius 3 is 1.82 bits per heavy atom. The standard InChI is InChI=1S/C26H22BrClO5/c1-32-25(30)23(26(31)33-2)21(17-10-14-20(28)15-11-17)22(16-6-4-3-5-7-16)24(29)18-8-12-19(27)13-9-18/h3-15,21-23H,1-2H3. The molecule has 0 aromatic heterocycles. The molecule has 0 heterocycles. The van der Waals surface area contributed by atoms with Crippen LogP contribution in [0.15, 0.2) is 83.3 Å². The molecule has 0 radical (unpaired) electrons. The van der Waals surface area contributed by atoms with E-state index >= 15 is 0 Å². The van der Waals surface area contributed by atoms with Crippen LogP contribution in [0.4, 0.5) is 0 Å². The van der Waals surface area contributed by atoms with Gasteiger partial charge in [0.2, 0.25) is 0 Å². The predicted molar refractivity (Wildman–Crippen MR) is 129 cm³/mol. The predicted octanol–water partition coefficient (Wildman–Crippen LogP) is 5.82. The molecule has 5 nitrogen and oxygen atoms in total. The van der Waals surface area contributed by atoms with Crippen LogP contribution < -0.4 is 0 Å². The van der Waals surface area contributed by atoms with Crippen LogP contribution in [0.5, 0.6) is 0 Å². The number of hydrogen-bond acceptors (Lipinski definition) is 5. The molecule has 0 amide bonds. The van der Waals surface area contributed by atoms with E-state index in [0.717, 1.165) is 4.47 Å². The van der Waals surface area contributed by atoms with Crippen LogP contribution in [-0.2, 0) is 19.1 Å². The number of esters is 2. The van der Waals surface area contributed by atoms with Gasteiger partial charge in [0, 0.05) is 21.0 Å². The molecule has 0 saturated heterocycles. The van der Waals surface area contributed by atoms with Crippen molar-refractivity contribution in [2.24, 2.45) is 5.92 Å². The van der Waals surface area contributed by atoms with Crippen LogP contribution in [0.3, 0.4) is 0 Å². The summed E-state index contributed by atoms with van der Waals surface area (Å²) in [5, 5.41) is 0.487. The maximum absolute atomic E-state index is 13.9. The van der Waals surface area contributed by atoms with Gasteiger partial charge in [0.15, 0.2) is 11.7 Å². The zero-order valence-electron chi connectivity index (χ0n) is 18.0. The van der Waals surface area contributed by atoms with Crippen LogP contribution in [0.2, 0.25) is 5.02 Å². The monoisotopic (exact) mass is 528 g/mol. The highest BCUT2D eigenvalue weighted by Crippen LogP contribution is 2.42.